The number of nitrogens with zero attached hydrogens (tertiary/aromatic N) is 3. The van der Waals surface area contributed by atoms with Crippen LogP contribution in [0.15, 0.2) is 0 Å². The van der Waals surface area contributed by atoms with Crippen LogP contribution in [-0.4, -0.2) is 125 Å². The normalized spacial score (nSPS) is 31.3. The molecule has 4 heterocycles. The van der Waals surface area contributed by atoms with Gasteiger partial charge in [-0.25, -0.2) is 4.79 Å². The lowest BCUT2D eigenvalue weighted by molar-refractivity contribution is -0.206. The van der Waals surface area contributed by atoms with Crippen molar-refractivity contribution in [2.45, 2.75) is 153 Å². The summed E-state index contributed by atoms with van der Waals surface area (Å²) in [7, 11) is 0. The second kappa shape index (κ2) is 17.0. The molecule has 8 atom stereocenters. The van der Waals surface area contributed by atoms with Crippen LogP contribution < -0.4 is 5.32 Å². The number of halogens is 6. The van der Waals surface area contributed by atoms with Crippen molar-refractivity contribution < 1.29 is 46.1 Å². The summed E-state index contributed by atoms with van der Waals surface area (Å²) in [4.78, 5) is 18.7. The Bertz CT molecular complexity index is 965. The van der Waals surface area contributed by atoms with Crippen molar-refractivity contribution in [2.24, 2.45) is 11.8 Å². The van der Waals surface area contributed by atoms with E-state index in [1.807, 2.05) is 20.8 Å². The molecule has 0 spiro atoms. The van der Waals surface area contributed by atoms with Gasteiger partial charge in [-0.15, -0.1) is 0 Å². The van der Waals surface area contributed by atoms with Gasteiger partial charge in [-0.2, -0.15) is 26.3 Å². The molecular weight excluding hydrogens is 630 g/mol. The van der Waals surface area contributed by atoms with Gasteiger partial charge in [0.15, 0.2) is 0 Å². The molecule has 0 aliphatic carbocycles. The van der Waals surface area contributed by atoms with E-state index < -0.39 is 30.2 Å². The lowest BCUT2D eigenvalue weighted by Gasteiger charge is -2.43. The van der Waals surface area contributed by atoms with E-state index in [1.54, 1.807) is 4.90 Å². The van der Waals surface area contributed by atoms with Crippen LogP contribution >= 0.6 is 0 Å². The van der Waals surface area contributed by atoms with Crippen molar-refractivity contribution in [1.29, 1.82) is 0 Å². The van der Waals surface area contributed by atoms with Crippen molar-refractivity contribution in [3.05, 3.63) is 0 Å². The lowest BCUT2D eigenvalue weighted by atomic mass is 9.91. The van der Waals surface area contributed by atoms with Gasteiger partial charge in [-0.3, -0.25) is 9.80 Å². The number of aliphatic hydroxyl groups excluding tert-OH is 2. The largest absolute Gasteiger partial charge is 0.444 e. The van der Waals surface area contributed by atoms with Gasteiger partial charge in [0.2, 0.25) is 0 Å². The van der Waals surface area contributed by atoms with Crippen LogP contribution in [0.1, 0.15) is 98.8 Å². The predicted octanol–water partition coefficient (Wildman–Crippen LogP) is 5.95. The lowest BCUT2D eigenvalue weighted by Crippen LogP contribution is -2.53. The van der Waals surface area contributed by atoms with Crippen LogP contribution in [0, 0.1) is 11.8 Å². The van der Waals surface area contributed by atoms with Gasteiger partial charge in [-0.05, 0) is 123 Å². The smallest absolute Gasteiger partial charge is 0.414 e. The first-order chi connectivity index (χ1) is 21.8. The molecule has 0 aromatic carbocycles. The maximum Gasteiger partial charge on any atom is 0.414 e. The number of piperidine rings is 2. The summed E-state index contributed by atoms with van der Waals surface area (Å²) in [6.07, 6.45) is -7.68. The fourth-order valence-corrected chi connectivity index (χ4v) is 7.85. The Kier molecular flexibility index (Phi) is 14.5. The molecule has 4 fully saturated rings. The van der Waals surface area contributed by atoms with Crippen LogP contribution in [0.25, 0.3) is 0 Å². The van der Waals surface area contributed by atoms with Gasteiger partial charge in [0.1, 0.15) is 17.8 Å². The second-order valence-corrected chi connectivity index (χ2v) is 15.1. The molecule has 0 aromatic heterocycles. The number of likely N-dealkylation sites (tertiary alicyclic amines) is 3. The SMILES string of the molecule is CC1CN(C(=O)OC(C)(C)C)CCC1N1CCC[C@H]1CCC(O)C(F)(F)F.CC1CNCCC1N1CCC[C@H]1CCC(O)C(F)(F)F. The molecule has 1 amide bonds. The van der Waals surface area contributed by atoms with Crippen LogP contribution in [0.5, 0.6) is 0 Å². The summed E-state index contributed by atoms with van der Waals surface area (Å²) in [5.41, 5.74) is -0.531. The van der Waals surface area contributed by atoms with Gasteiger partial charge in [0.25, 0.3) is 0 Å². The molecule has 0 saturated carbocycles. The number of hydrogen-bond donors (Lipinski definition) is 3. The Morgan fingerprint density at radius 3 is 1.70 bits per heavy atom. The van der Waals surface area contributed by atoms with E-state index in [0.717, 1.165) is 64.7 Å². The third-order valence-corrected chi connectivity index (χ3v) is 10.3. The van der Waals surface area contributed by atoms with E-state index >= 15 is 0 Å². The average molecular weight is 689 g/mol. The summed E-state index contributed by atoms with van der Waals surface area (Å²) in [6.45, 7) is 14.8. The van der Waals surface area contributed by atoms with Crippen molar-refractivity contribution in [3.8, 4) is 0 Å². The molecule has 4 aliphatic heterocycles. The fraction of sp³-hybridized carbons (Fsp3) is 0.970. The first-order valence-corrected chi connectivity index (χ1v) is 17.5. The fourth-order valence-electron chi connectivity index (χ4n) is 7.85. The third kappa shape index (κ3) is 12.2. The highest BCUT2D eigenvalue weighted by Crippen LogP contribution is 2.34. The summed E-state index contributed by atoms with van der Waals surface area (Å²) >= 11 is 0. The number of ether oxygens (including phenoxy) is 1. The number of carbonyl (C=O) groups excluding carboxylic acids is 1. The Morgan fingerprint density at radius 1 is 0.787 bits per heavy atom. The van der Waals surface area contributed by atoms with Crippen molar-refractivity contribution >= 4 is 6.09 Å². The molecule has 276 valence electrons. The van der Waals surface area contributed by atoms with Crippen LogP contribution in [0.3, 0.4) is 0 Å². The highest BCUT2D eigenvalue weighted by Gasteiger charge is 2.42. The Balaban J connectivity index is 0.000000267. The highest BCUT2D eigenvalue weighted by molar-refractivity contribution is 5.68. The Morgan fingerprint density at radius 2 is 1.28 bits per heavy atom. The molecule has 14 heteroatoms. The maximum absolute atomic E-state index is 12.6. The van der Waals surface area contributed by atoms with Crippen LogP contribution in [-0.2, 0) is 4.74 Å². The number of rotatable bonds is 8. The molecule has 4 aliphatic rings. The molecule has 3 N–H and O–H groups in total. The molecule has 4 rings (SSSR count). The number of aliphatic hydroxyl groups is 2. The van der Waals surface area contributed by atoms with E-state index in [9.17, 15) is 36.2 Å². The van der Waals surface area contributed by atoms with Gasteiger partial charge >= 0.3 is 18.4 Å². The van der Waals surface area contributed by atoms with E-state index in [4.69, 9.17) is 9.84 Å². The number of hydrogen-bond acceptors (Lipinski definition) is 7. The van der Waals surface area contributed by atoms with Crippen molar-refractivity contribution in [1.82, 2.24) is 20.0 Å². The van der Waals surface area contributed by atoms with Crippen LogP contribution in [0.2, 0.25) is 0 Å². The highest BCUT2D eigenvalue weighted by atomic mass is 19.4. The number of amides is 1. The molecule has 0 radical (unpaired) electrons. The number of nitrogens with one attached hydrogen (secondary N) is 1. The zero-order valence-electron chi connectivity index (χ0n) is 28.8. The van der Waals surface area contributed by atoms with E-state index in [-0.39, 0.29) is 43.0 Å². The summed E-state index contributed by atoms with van der Waals surface area (Å²) in [5, 5.41) is 21.8. The minimum atomic E-state index is -4.55. The molecular formula is C33H58F6N4O4. The van der Waals surface area contributed by atoms with Gasteiger partial charge in [0, 0.05) is 37.3 Å². The first kappa shape index (κ1) is 40.1. The topological polar surface area (TPSA) is 88.5 Å². The zero-order valence-corrected chi connectivity index (χ0v) is 28.8. The molecule has 47 heavy (non-hydrogen) atoms. The quantitative estimate of drug-likeness (QED) is 0.272. The summed E-state index contributed by atoms with van der Waals surface area (Å²) < 4.78 is 80.2. The van der Waals surface area contributed by atoms with Crippen molar-refractivity contribution in [3.63, 3.8) is 0 Å². The van der Waals surface area contributed by atoms with Crippen molar-refractivity contribution in [2.75, 3.05) is 39.3 Å². The van der Waals surface area contributed by atoms with Gasteiger partial charge in [0.05, 0.1) is 0 Å². The molecule has 6 unspecified atom stereocenters. The van der Waals surface area contributed by atoms with Crippen LogP contribution in [0.4, 0.5) is 31.1 Å². The van der Waals surface area contributed by atoms with Gasteiger partial charge < -0.3 is 25.2 Å². The standard InChI is InChI=1S/C19H33F3N2O3.C14H25F3N2O/c1-13-12-23(17(26)27-18(2,3)4)11-9-15(13)24-10-5-6-14(24)7-8-16(25)19(20,21)22;1-10-9-18-7-6-12(10)19-8-2-3-11(19)4-5-13(20)14(15,16)17/h13-16,25H,5-12H2,1-4H3;10-13,18,20H,2-9H2,1H3/t13?,14-,15?,16?;10?,11-,12?,13?/m00/s1. The molecule has 0 aromatic rings. The predicted molar refractivity (Wildman–Crippen MR) is 168 cm³/mol. The van der Waals surface area contributed by atoms with E-state index in [0.29, 0.717) is 37.9 Å². The molecule has 4 saturated heterocycles. The van der Waals surface area contributed by atoms with E-state index in [2.05, 4.69) is 29.0 Å². The number of alkyl halides is 6. The van der Waals surface area contributed by atoms with Gasteiger partial charge in [-0.1, -0.05) is 13.8 Å². The average Bonchev–Trinajstić information content (AvgIpc) is 3.63. The minimum absolute atomic E-state index is 0.0718. The third-order valence-electron chi connectivity index (χ3n) is 10.3. The zero-order chi connectivity index (χ0) is 35.2. The first-order valence-electron chi connectivity index (χ1n) is 17.5. The second-order valence-electron chi connectivity index (χ2n) is 15.1. The summed E-state index contributed by atoms with van der Waals surface area (Å²) in [5.74, 6) is 0.760. The van der Waals surface area contributed by atoms with E-state index in [1.165, 1.54) is 0 Å². The summed E-state index contributed by atoms with van der Waals surface area (Å²) in [6, 6.07) is 1.01. The maximum atomic E-state index is 12.6. The Hall–Kier alpha value is -1.35. The molecule has 8 nitrogen and oxygen atoms in total. The molecule has 0 bridgehead atoms. The minimum Gasteiger partial charge on any atom is -0.444 e. The number of carbonyl (C=O) groups is 1. The monoisotopic (exact) mass is 688 g/mol. The Labute approximate surface area is 276 Å².